The van der Waals surface area contributed by atoms with Gasteiger partial charge in [-0.2, -0.15) is 0 Å². The van der Waals surface area contributed by atoms with E-state index in [0.29, 0.717) is 22.1 Å². The molecule has 0 atom stereocenters. The number of hydrogen-bond donors (Lipinski definition) is 2. The van der Waals surface area contributed by atoms with Crippen LogP contribution in [0.3, 0.4) is 0 Å². The quantitative estimate of drug-likeness (QED) is 0.428. The van der Waals surface area contributed by atoms with Crippen LogP contribution in [-0.4, -0.2) is 23.3 Å². The van der Waals surface area contributed by atoms with Gasteiger partial charge in [-0.1, -0.05) is 35.3 Å². The summed E-state index contributed by atoms with van der Waals surface area (Å²) in [4.78, 5) is 28.7. The van der Waals surface area contributed by atoms with Gasteiger partial charge < -0.3 is 15.1 Å². The highest BCUT2D eigenvalue weighted by atomic mass is 35.5. The van der Waals surface area contributed by atoms with Gasteiger partial charge in [0.15, 0.2) is 10.8 Å². The number of carbonyl (C=O) groups is 2. The van der Waals surface area contributed by atoms with E-state index in [0.717, 1.165) is 15.2 Å². The lowest BCUT2D eigenvalue weighted by Crippen LogP contribution is -2.36. The van der Waals surface area contributed by atoms with Crippen molar-refractivity contribution >= 4 is 56.6 Å². The number of furan rings is 1. The van der Waals surface area contributed by atoms with Gasteiger partial charge in [-0.25, -0.2) is 4.98 Å². The molecule has 2 N–H and O–H groups in total. The summed E-state index contributed by atoms with van der Waals surface area (Å²) in [7, 11) is 0. The molecule has 0 bridgehead atoms. The van der Waals surface area contributed by atoms with Crippen molar-refractivity contribution in [3.8, 4) is 10.8 Å². The molecule has 2 heterocycles. The van der Waals surface area contributed by atoms with Gasteiger partial charge in [0.1, 0.15) is 5.76 Å². The van der Waals surface area contributed by atoms with Crippen molar-refractivity contribution in [2.45, 2.75) is 6.54 Å². The molecule has 0 unspecified atom stereocenters. The van der Waals surface area contributed by atoms with E-state index in [1.54, 1.807) is 17.4 Å². The normalized spacial score (nSPS) is 10.9. The van der Waals surface area contributed by atoms with Crippen LogP contribution < -0.4 is 10.6 Å². The number of rotatable bonds is 6. The van der Waals surface area contributed by atoms with Crippen LogP contribution in [0.1, 0.15) is 16.1 Å². The first kappa shape index (κ1) is 20.4. The molecule has 0 spiro atoms. The zero-order valence-electron chi connectivity index (χ0n) is 15.4. The van der Waals surface area contributed by atoms with Gasteiger partial charge in [-0.15, -0.1) is 11.3 Å². The second-order valence-corrected chi connectivity index (χ2v) is 8.19. The van der Waals surface area contributed by atoms with E-state index in [1.807, 2.05) is 30.3 Å². The highest BCUT2D eigenvalue weighted by Gasteiger charge is 2.12. The molecule has 0 saturated carbocycles. The zero-order valence-corrected chi connectivity index (χ0v) is 17.8. The van der Waals surface area contributed by atoms with Crippen molar-refractivity contribution in [3.05, 3.63) is 76.0 Å². The van der Waals surface area contributed by atoms with E-state index < -0.39 is 5.91 Å². The van der Waals surface area contributed by atoms with Crippen LogP contribution in [0.5, 0.6) is 0 Å². The van der Waals surface area contributed by atoms with E-state index in [9.17, 15) is 9.59 Å². The summed E-state index contributed by atoms with van der Waals surface area (Å²) in [5, 5.41) is 6.65. The van der Waals surface area contributed by atoms with Crippen molar-refractivity contribution in [1.82, 2.24) is 15.6 Å². The van der Waals surface area contributed by atoms with Gasteiger partial charge in [0, 0.05) is 5.56 Å². The molecule has 0 aliphatic carbocycles. The number of aromatic nitrogens is 1. The zero-order chi connectivity index (χ0) is 21.1. The van der Waals surface area contributed by atoms with Crippen LogP contribution in [0.2, 0.25) is 10.0 Å². The molecule has 0 radical (unpaired) electrons. The van der Waals surface area contributed by atoms with Crippen LogP contribution in [-0.2, 0) is 11.3 Å². The molecule has 0 saturated heterocycles. The minimum atomic E-state index is -0.417. The smallest absolute Gasteiger partial charge is 0.251 e. The third-order valence-electron chi connectivity index (χ3n) is 4.22. The number of fused-ring (bicyclic) bond motifs is 1. The van der Waals surface area contributed by atoms with Crippen molar-refractivity contribution < 1.29 is 14.0 Å². The molecule has 0 aliphatic rings. The summed E-state index contributed by atoms with van der Waals surface area (Å²) >= 11 is 13.3. The largest absolute Gasteiger partial charge is 0.457 e. The minimum absolute atomic E-state index is 0.176. The monoisotopic (exact) mass is 459 g/mol. The first-order valence-electron chi connectivity index (χ1n) is 8.94. The lowest BCUT2D eigenvalue weighted by Gasteiger charge is -2.07. The predicted molar refractivity (Wildman–Crippen MR) is 118 cm³/mol. The molecule has 4 aromatic rings. The molecule has 0 fully saturated rings. The van der Waals surface area contributed by atoms with Crippen molar-refractivity contribution in [2.75, 3.05) is 6.54 Å². The first-order chi connectivity index (χ1) is 14.5. The standard InChI is InChI=1S/C21H15Cl2N3O3S/c22-14-7-5-12(9-15(14)23)20(28)25-11-19(27)24-10-13-6-8-17(29-13)21-26-16-3-1-2-4-18(16)30-21/h1-9H,10-11H2,(H,24,27)(H,25,28). The van der Waals surface area contributed by atoms with Gasteiger partial charge >= 0.3 is 0 Å². The van der Waals surface area contributed by atoms with Gasteiger partial charge in [0.05, 0.1) is 33.4 Å². The Labute approximate surface area is 185 Å². The van der Waals surface area contributed by atoms with E-state index >= 15 is 0 Å². The Bertz CT molecular complexity index is 1200. The van der Waals surface area contributed by atoms with Gasteiger partial charge in [-0.05, 0) is 42.5 Å². The van der Waals surface area contributed by atoms with Crippen LogP contribution in [0.15, 0.2) is 59.0 Å². The average molecular weight is 460 g/mol. The Morgan fingerprint density at radius 3 is 2.63 bits per heavy atom. The summed E-state index contributed by atoms with van der Waals surface area (Å²) < 4.78 is 6.87. The second kappa shape index (κ2) is 8.87. The van der Waals surface area contributed by atoms with Crippen LogP contribution >= 0.6 is 34.5 Å². The summed E-state index contributed by atoms with van der Waals surface area (Å²) in [6, 6.07) is 16.0. The SMILES string of the molecule is O=C(CNC(=O)c1ccc(Cl)c(Cl)c1)NCc1ccc(-c2nc3ccccc3s2)o1. The maximum atomic E-state index is 12.1. The number of nitrogens with zero attached hydrogens (tertiary/aromatic N) is 1. The fraction of sp³-hybridized carbons (Fsp3) is 0.0952. The Balaban J connectivity index is 1.30. The lowest BCUT2D eigenvalue weighted by atomic mass is 10.2. The van der Waals surface area contributed by atoms with Crippen LogP contribution in [0, 0.1) is 0 Å². The number of amides is 2. The van der Waals surface area contributed by atoms with E-state index in [-0.39, 0.29) is 24.0 Å². The highest BCUT2D eigenvalue weighted by Crippen LogP contribution is 2.31. The summed E-state index contributed by atoms with van der Waals surface area (Å²) in [5.74, 6) is 0.475. The maximum Gasteiger partial charge on any atom is 0.251 e. The molecule has 152 valence electrons. The number of halogens is 2. The number of para-hydroxylation sites is 1. The number of thiazole rings is 1. The number of nitrogens with one attached hydrogen (secondary N) is 2. The van der Waals surface area contributed by atoms with Crippen molar-refractivity contribution in [3.63, 3.8) is 0 Å². The Morgan fingerprint density at radius 1 is 1.00 bits per heavy atom. The van der Waals surface area contributed by atoms with Gasteiger partial charge in [0.25, 0.3) is 5.91 Å². The van der Waals surface area contributed by atoms with E-state index in [4.69, 9.17) is 27.6 Å². The molecule has 2 aromatic carbocycles. The third-order valence-corrected chi connectivity index (χ3v) is 6.01. The van der Waals surface area contributed by atoms with E-state index in [1.165, 1.54) is 18.2 Å². The molecule has 2 aromatic heterocycles. The average Bonchev–Trinajstić information content (AvgIpc) is 3.39. The van der Waals surface area contributed by atoms with Gasteiger partial charge in [-0.3, -0.25) is 9.59 Å². The fourth-order valence-electron chi connectivity index (χ4n) is 2.71. The second-order valence-electron chi connectivity index (χ2n) is 6.34. The number of hydrogen-bond acceptors (Lipinski definition) is 5. The molecular weight excluding hydrogens is 445 g/mol. The van der Waals surface area contributed by atoms with Crippen LogP contribution in [0.25, 0.3) is 21.0 Å². The fourth-order valence-corrected chi connectivity index (χ4v) is 3.94. The summed E-state index contributed by atoms with van der Waals surface area (Å²) in [5.41, 5.74) is 1.24. The van der Waals surface area contributed by atoms with Crippen molar-refractivity contribution in [2.24, 2.45) is 0 Å². The minimum Gasteiger partial charge on any atom is -0.457 e. The molecule has 0 aliphatic heterocycles. The van der Waals surface area contributed by atoms with E-state index in [2.05, 4.69) is 15.6 Å². The highest BCUT2D eigenvalue weighted by molar-refractivity contribution is 7.21. The molecule has 6 nitrogen and oxygen atoms in total. The molecule has 9 heteroatoms. The number of benzene rings is 2. The van der Waals surface area contributed by atoms with Crippen molar-refractivity contribution in [1.29, 1.82) is 0 Å². The predicted octanol–water partition coefficient (Wildman–Crippen LogP) is 4.91. The van der Waals surface area contributed by atoms with Crippen LogP contribution in [0.4, 0.5) is 0 Å². The summed E-state index contributed by atoms with van der Waals surface area (Å²) in [6.45, 7) is 0.0247. The summed E-state index contributed by atoms with van der Waals surface area (Å²) in [6.07, 6.45) is 0. The van der Waals surface area contributed by atoms with Gasteiger partial charge in [0.2, 0.25) is 5.91 Å². The molecule has 2 amide bonds. The molecule has 30 heavy (non-hydrogen) atoms. The molecular formula is C21H15Cl2N3O3S. The maximum absolute atomic E-state index is 12.1. The Kier molecular flexibility index (Phi) is 6.03. The topological polar surface area (TPSA) is 84.2 Å². The Hall–Kier alpha value is -2.87. The lowest BCUT2D eigenvalue weighted by molar-refractivity contribution is -0.120. The number of carbonyl (C=O) groups excluding carboxylic acids is 2. The molecule has 4 rings (SSSR count). The first-order valence-corrected chi connectivity index (χ1v) is 10.5. The Morgan fingerprint density at radius 2 is 1.83 bits per heavy atom. The third kappa shape index (κ3) is 4.64.